The van der Waals surface area contributed by atoms with Gasteiger partial charge in [-0.1, -0.05) is 0 Å². The van der Waals surface area contributed by atoms with Crippen molar-refractivity contribution in [3.63, 3.8) is 0 Å². The van der Waals surface area contributed by atoms with Crippen LogP contribution in [0.3, 0.4) is 0 Å². The van der Waals surface area contributed by atoms with Gasteiger partial charge < -0.3 is 4.90 Å². The number of hydrogen-bond acceptors (Lipinski definition) is 3. The van der Waals surface area contributed by atoms with Crippen LogP contribution in [0.25, 0.3) is 0 Å². The molecule has 1 aliphatic heterocycles. The molecule has 0 aromatic carbocycles. The van der Waals surface area contributed by atoms with Crippen LogP contribution in [0.15, 0.2) is 0 Å². The van der Waals surface area contributed by atoms with E-state index in [1.54, 1.807) is 6.92 Å². The van der Waals surface area contributed by atoms with Crippen LogP contribution in [0.2, 0.25) is 0 Å². The second-order valence-electron chi connectivity index (χ2n) is 4.58. The first-order chi connectivity index (χ1) is 6.50. The summed E-state index contributed by atoms with van der Waals surface area (Å²) in [6.45, 7) is 9.28. The molecule has 0 radical (unpaired) electrons. The third-order valence-electron chi connectivity index (χ3n) is 3.18. The molecule has 1 heterocycles. The van der Waals surface area contributed by atoms with Crippen LogP contribution < -0.4 is 0 Å². The molecule has 3 nitrogen and oxygen atoms in total. The van der Waals surface area contributed by atoms with Crippen LogP contribution in [0, 0.1) is 0 Å². The number of rotatable bonds is 3. The van der Waals surface area contributed by atoms with Crippen LogP contribution in [0.4, 0.5) is 0 Å². The predicted molar refractivity (Wildman–Crippen MR) is 58.4 cm³/mol. The summed E-state index contributed by atoms with van der Waals surface area (Å²) in [4.78, 5) is 15.7. The van der Waals surface area contributed by atoms with Crippen LogP contribution in [0.5, 0.6) is 0 Å². The molecule has 14 heavy (non-hydrogen) atoms. The normalized spacial score (nSPS) is 30.6. The summed E-state index contributed by atoms with van der Waals surface area (Å²) >= 11 is 0. The van der Waals surface area contributed by atoms with Crippen LogP contribution in [-0.4, -0.2) is 54.3 Å². The third-order valence-corrected chi connectivity index (χ3v) is 3.18. The molecule has 0 saturated carbocycles. The zero-order valence-electron chi connectivity index (χ0n) is 9.79. The van der Waals surface area contributed by atoms with Crippen LogP contribution >= 0.6 is 0 Å². The smallest absolute Gasteiger partial charge is 0.131 e. The minimum absolute atomic E-state index is 0.295. The molecule has 3 heteroatoms. The summed E-state index contributed by atoms with van der Waals surface area (Å²) in [5.74, 6) is 0.295. The second kappa shape index (κ2) is 4.89. The largest absolute Gasteiger partial charge is 0.301 e. The van der Waals surface area contributed by atoms with Gasteiger partial charge in [-0.3, -0.25) is 9.69 Å². The van der Waals surface area contributed by atoms with Crippen molar-refractivity contribution >= 4 is 5.78 Å². The first-order valence-corrected chi connectivity index (χ1v) is 5.44. The zero-order chi connectivity index (χ0) is 10.7. The maximum atomic E-state index is 10.9. The Hall–Kier alpha value is -0.410. The minimum Gasteiger partial charge on any atom is -0.301 e. The summed E-state index contributed by atoms with van der Waals surface area (Å²) in [5.41, 5.74) is 0. The fraction of sp³-hybridized carbons (Fsp3) is 0.909. The number of carbonyl (C=O) groups excluding carboxylic acids is 1. The first kappa shape index (κ1) is 11.7. The third kappa shape index (κ3) is 3.07. The zero-order valence-corrected chi connectivity index (χ0v) is 9.79. The highest BCUT2D eigenvalue weighted by atomic mass is 16.1. The fourth-order valence-electron chi connectivity index (χ4n) is 1.98. The Morgan fingerprint density at radius 2 is 1.93 bits per heavy atom. The van der Waals surface area contributed by atoms with E-state index in [1.165, 1.54) is 0 Å². The average molecular weight is 198 g/mol. The van der Waals surface area contributed by atoms with Crippen molar-refractivity contribution in [3.05, 3.63) is 0 Å². The van der Waals surface area contributed by atoms with E-state index in [1.807, 2.05) is 0 Å². The van der Waals surface area contributed by atoms with E-state index in [2.05, 4.69) is 30.7 Å². The number of hydrogen-bond donors (Lipinski definition) is 0. The number of nitrogens with zero attached hydrogens (tertiary/aromatic N) is 2. The highest BCUT2D eigenvalue weighted by molar-refractivity contribution is 5.75. The highest BCUT2D eigenvalue weighted by Gasteiger charge is 2.26. The number of likely N-dealkylation sites (N-methyl/N-ethyl adjacent to an activating group) is 1. The van der Waals surface area contributed by atoms with Crippen molar-refractivity contribution in [1.29, 1.82) is 0 Å². The van der Waals surface area contributed by atoms with E-state index >= 15 is 0 Å². The quantitative estimate of drug-likeness (QED) is 0.675. The first-order valence-electron chi connectivity index (χ1n) is 5.44. The van der Waals surface area contributed by atoms with Gasteiger partial charge in [0.2, 0.25) is 0 Å². The molecule has 1 rings (SSSR count). The van der Waals surface area contributed by atoms with Crippen molar-refractivity contribution in [2.75, 3.05) is 26.7 Å². The van der Waals surface area contributed by atoms with Gasteiger partial charge >= 0.3 is 0 Å². The monoisotopic (exact) mass is 198 g/mol. The van der Waals surface area contributed by atoms with Gasteiger partial charge in [0.05, 0.1) is 0 Å². The lowest BCUT2D eigenvalue weighted by molar-refractivity contribution is -0.117. The molecule has 1 saturated heterocycles. The maximum absolute atomic E-state index is 10.9. The van der Waals surface area contributed by atoms with Crippen molar-refractivity contribution in [2.24, 2.45) is 0 Å². The Morgan fingerprint density at radius 1 is 1.29 bits per heavy atom. The molecule has 0 aromatic rings. The van der Waals surface area contributed by atoms with E-state index < -0.39 is 0 Å². The maximum Gasteiger partial charge on any atom is 0.131 e. The molecular weight excluding hydrogens is 176 g/mol. The molecule has 0 N–H and O–H groups in total. The summed E-state index contributed by atoms with van der Waals surface area (Å²) in [7, 11) is 2.17. The standard InChI is InChI=1S/C11H22N2O/c1-9-8-13(6-5-11(3)14)10(2)7-12(9)4/h9-10H,5-8H2,1-4H3. The number of carbonyl (C=O) groups is 1. The molecule has 0 spiro atoms. The van der Waals surface area contributed by atoms with Gasteiger partial charge in [0.25, 0.3) is 0 Å². The topological polar surface area (TPSA) is 23.6 Å². The van der Waals surface area contributed by atoms with Gasteiger partial charge in [0.15, 0.2) is 0 Å². The van der Waals surface area contributed by atoms with Crippen molar-refractivity contribution < 1.29 is 4.79 Å². The fourth-order valence-corrected chi connectivity index (χ4v) is 1.98. The van der Waals surface area contributed by atoms with Crippen LogP contribution in [0.1, 0.15) is 27.2 Å². The Kier molecular flexibility index (Phi) is 4.08. The summed E-state index contributed by atoms with van der Waals surface area (Å²) in [6, 6.07) is 1.19. The van der Waals surface area contributed by atoms with Crippen molar-refractivity contribution in [2.45, 2.75) is 39.3 Å². The van der Waals surface area contributed by atoms with E-state index in [0.29, 0.717) is 24.3 Å². The lowest BCUT2D eigenvalue weighted by Gasteiger charge is -2.42. The second-order valence-corrected chi connectivity index (χ2v) is 4.58. The van der Waals surface area contributed by atoms with Crippen molar-refractivity contribution in [3.8, 4) is 0 Å². The average Bonchev–Trinajstić information content (AvgIpc) is 2.09. The SMILES string of the molecule is CC(=O)CCN1CC(C)N(C)CC1C. The van der Waals surface area contributed by atoms with Gasteiger partial charge in [-0.25, -0.2) is 0 Å². The van der Waals surface area contributed by atoms with Gasteiger partial charge in [-0.15, -0.1) is 0 Å². The molecule has 0 bridgehead atoms. The Labute approximate surface area is 87.1 Å². The Balaban J connectivity index is 2.40. The summed E-state index contributed by atoms with van der Waals surface area (Å²) in [5, 5.41) is 0. The number of Topliss-reactive ketones (excluding diaryl/α,β-unsaturated/α-hetero) is 1. The van der Waals surface area contributed by atoms with E-state index in [0.717, 1.165) is 19.6 Å². The molecule has 1 aliphatic rings. The van der Waals surface area contributed by atoms with Gasteiger partial charge in [-0.05, 0) is 27.8 Å². The summed E-state index contributed by atoms with van der Waals surface area (Å²) < 4.78 is 0. The highest BCUT2D eigenvalue weighted by Crippen LogP contribution is 2.13. The molecule has 2 unspecified atom stereocenters. The molecule has 82 valence electrons. The van der Waals surface area contributed by atoms with Crippen LogP contribution in [-0.2, 0) is 4.79 Å². The minimum atomic E-state index is 0.295. The van der Waals surface area contributed by atoms with Crippen molar-refractivity contribution in [1.82, 2.24) is 9.80 Å². The molecule has 2 atom stereocenters. The lowest BCUT2D eigenvalue weighted by Crippen LogP contribution is -2.55. The number of ketones is 1. The molecular formula is C11H22N2O. The Bertz CT molecular complexity index is 205. The van der Waals surface area contributed by atoms with Gasteiger partial charge in [0.1, 0.15) is 5.78 Å². The van der Waals surface area contributed by atoms with E-state index in [9.17, 15) is 4.79 Å². The van der Waals surface area contributed by atoms with Gasteiger partial charge in [0, 0.05) is 38.1 Å². The molecule has 0 amide bonds. The van der Waals surface area contributed by atoms with E-state index in [-0.39, 0.29) is 0 Å². The Morgan fingerprint density at radius 3 is 2.50 bits per heavy atom. The predicted octanol–water partition coefficient (Wildman–Crippen LogP) is 0.990. The lowest BCUT2D eigenvalue weighted by atomic mass is 10.1. The molecule has 0 aromatic heterocycles. The number of piperazine rings is 1. The van der Waals surface area contributed by atoms with E-state index in [4.69, 9.17) is 0 Å². The molecule has 0 aliphatic carbocycles. The summed E-state index contributed by atoms with van der Waals surface area (Å²) in [6.07, 6.45) is 0.695. The van der Waals surface area contributed by atoms with Gasteiger partial charge in [-0.2, -0.15) is 0 Å². The molecule has 1 fully saturated rings.